The fraction of sp³-hybridized carbons (Fsp3) is 0.214. The Labute approximate surface area is 217 Å². The van der Waals surface area contributed by atoms with Crippen molar-refractivity contribution in [1.82, 2.24) is 29.7 Å². The van der Waals surface area contributed by atoms with Gasteiger partial charge in [-0.3, -0.25) is 20.0 Å². The molecule has 0 radical (unpaired) electrons. The summed E-state index contributed by atoms with van der Waals surface area (Å²) in [5, 5.41) is 6.80. The number of nitrogens with one attached hydrogen (secondary N) is 2. The Morgan fingerprint density at radius 2 is 2.00 bits per heavy atom. The van der Waals surface area contributed by atoms with E-state index in [9.17, 15) is 9.59 Å². The van der Waals surface area contributed by atoms with E-state index >= 15 is 0 Å². The molecule has 3 amide bonds. The van der Waals surface area contributed by atoms with Crippen LogP contribution >= 0.6 is 0 Å². The number of hydrogen-bond acceptors (Lipinski definition) is 7. The second kappa shape index (κ2) is 8.62. The van der Waals surface area contributed by atoms with E-state index in [0.717, 1.165) is 40.2 Å². The van der Waals surface area contributed by atoms with Gasteiger partial charge in [-0.05, 0) is 61.2 Å². The minimum atomic E-state index is -0.434. The summed E-state index contributed by atoms with van der Waals surface area (Å²) < 4.78 is 1.86. The maximum absolute atomic E-state index is 12.2. The van der Waals surface area contributed by atoms with Gasteiger partial charge in [0.25, 0.3) is 0 Å². The van der Waals surface area contributed by atoms with Gasteiger partial charge >= 0.3 is 6.03 Å². The van der Waals surface area contributed by atoms with Gasteiger partial charge in [-0.15, -0.1) is 0 Å². The molecule has 1 aromatic carbocycles. The molecule has 10 nitrogen and oxygen atoms in total. The van der Waals surface area contributed by atoms with Gasteiger partial charge in [0, 0.05) is 35.6 Å². The molecule has 5 heterocycles. The Bertz CT molecular complexity index is 1750. The molecule has 10 heteroatoms. The fourth-order valence-corrected chi connectivity index (χ4v) is 5.15. The predicted octanol–water partition coefficient (Wildman–Crippen LogP) is 3.92. The number of hydrogen-bond donors (Lipinski definition) is 2. The average Bonchev–Trinajstić information content (AvgIpc) is 3.49. The quantitative estimate of drug-likeness (QED) is 0.337. The predicted molar refractivity (Wildman–Crippen MR) is 142 cm³/mol. The molecule has 1 saturated heterocycles. The third-order valence-electron chi connectivity index (χ3n) is 7.14. The van der Waals surface area contributed by atoms with E-state index in [2.05, 4.69) is 49.9 Å². The number of benzene rings is 1. The normalized spacial score (nSPS) is 18.8. The summed E-state index contributed by atoms with van der Waals surface area (Å²) in [5.74, 6) is 1.40. The van der Waals surface area contributed by atoms with Crippen LogP contribution in [0.5, 0.6) is 0 Å². The molecule has 2 fully saturated rings. The van der Waals surface area contributed by atoms with Crippen molar-refractivity contribution < 1.29 is 9.59 Å². The Balaban J connectivity index is 1.09. The molecular weight excluding hydrogens is 480 g/mol. The number of pyridine rings is 2. The maximum Gasteiger partial charge on any atom is 0.329 e. The molecule has 2 unspecified atom stereocenters. The molecule has 1 aliphatic heterocycles. The van der Waals surface area contributed by atoms with Crippen molar-refractivity contribution in [2.75, 3.05) is 16.8 Å². The van der Waals surface area contributed by atoms with Crippen LogP contribution in [0.2, 0.25) is 0 Å². The third-order valence-corrected chi connectivity index (χ3v) is 7.14. The van der Waals surface area contributed by atoms with E-state index in [0.29, 0.717) is 29.7 Å². The molecule has 1 saturated carbocycles. The molecule has 1 aliphatic carbocycles. The van der Waals surface area contributed by atoms with Crippen LogP contribution in [0.3, 0.4) is 0 Å². The van der Waals surface area contributed by atoms with Gasteiger partial charge in [-0.25, -0.2) is 19.7 Å². The highest BCUT2D eigenvalue weighted by atomic mass is 16.2. The molecule has 0 bridgehead atoms. The van der Waals surface area contributed by atoms with Gasteiger partial charge in [0.2, 0.25) is 5.91 Å². The van der Waals surface area contributed by atoms with Crippen LogP contribution in [0, 0.1) is 6.92 Å². The number of urea groups is 1. The van der Waals surface area contributed by atoms with Gasteiger partial charge in [0.1, 0.15) is 12.4 Å². The lowest BCUT2D eigenvalue weighted by Gasteiger charge is -2.13. The van der Waals surface area contributed by atoms with Crippen LogP contribution in [-0.4, -0.2) is 42.8 Å². The van der Waals surface area contributed by atoms with Gasteiger partial charge in [-0.1, -0.05) is 6.07 Å². The smallest absolute Gasteiger partial charge is 0.329 e. The number of imidazole rings is 1. The van der Waals surface area contributed by atoms with Crippen molar-refractivity contribution in [2.45, 2.75) is 31.7 Å². The molecule has 5 aromatic rings. The zero-order valence-electron chi connectivity index (χ0n) is 20.6. The van der Waals surface area contributed by atoms with Crippen molar-refractivity contribution in [1.29, 1.82) is 0 Å². The number of rotatable bonds is 6. The number of fused-ring (bicyclic) bond motifs is 2. The van der Waals surface area contributed by atoms with Gasteiger partial charge < -0.3 is 9.72 Å². The van der Waals surface area contributed by atoms with E-state index in [4.69, 9.17) is 4.98 Å². The first kappa shape index (κ1) is 22.3. The zero-order chi connectivity index (χ0) is 25.8. The van der Waals surface area contributed by atoms with Crippen LogP contribution in [0.15, 0.2) is 67.3 Å². The first-order valence-corrected chi connectivity index (χ1v) is 12.5. The number of amides is 3. The lowest BCUT2D eigenvalue weighted by molar-refractivity contribution is -0.117. The monoisotopic (exact) mass is 504 g/mol. The summed E-state index contributed by atoms with van der Waals surface area (Å²) in [5.41, 5.74) is 6.13. The van der Waals surface area contributed by atoms with E-state index < -0.39 is 6.03 Å². The molecule has 7 rings (SSSR count). The summed E-state index contributed by atoms with van der Waals surface area (Å²) in [6.45, 7) is 2.47. The minimum absolute atomic E-state index is 0.0106. The standard InChI is InChI=1S/C28H24N8O2/c1-16-6-7-29-26(32-16)22-11-21(22)17-4-5-23-18(9-17)10-19(12-31-23)30-13-20-14-35-8-2-3-24(27(35)33-20)36-15-25(37)34-28(36)38/h2-10,12,14,21-22,30H,11,13,15H2,1H3,(H,34,37,38). The molecule has 38 heavy (non-hydrogen) atoms. The number of aromatic nitrogens is 5. The Morgan fingerprint density at radius 3 is 2.84 bits per heavy atom. The average molecular weight is 505 g/mol. The van der Waals surface area contributed by atoms with Gasteiger partial charge in [-0.2, -0.15) is 0 Å². The topological polar surface area (TPSA) is 117 Å². The van der Waals surface area contributed by atoms with Crippen molar-refractivity contribution in [3.05, 3.63) is 90.0 Å². The highest BCUT2D eigenvalue weighted by Crippen LogP contribution is 2.53. The first-order chi connectivity index (χ1) is 18.5. The van der Waals surface area contributed by atoms with E-state index in [1.807, 2.05) is 48.2 Å². The zero-order valence-corrected chi connectivity index (χ0v) is 20.6. The molecular formula is C28H24N8O2. The molecule has 2 atom stereocenters. The van der Waals surface area contributed by atoms with Crippen molar-refractivity contribution in [3.63, 3.8) is 0 Å². The van der Waals surface area contributed by atoms with Crippen molar-refractivity contribution in [2.24, 2.45) is 0 Å². The van der Waals surface area contributed by atoms with E-state index in [1.54, 1.807) is 6.07 Å². The fourth-order valence-electron chi connectivity index (χ4n) is 5.15. The second-order valence-corrected chi connectivity index (χ2v) is 9.83. The second-order valence-electron chi connectivity index (χ2n) is 9.83. The van der Waals surface area contributed by atoms with Crippen LogP contribution in [0.1, 0.15) is 41.0 Å². The molecule has 4 aromatic heterocycles. The van der Waals surface area contributed by atoms with Crippen LogP contribution in [0.25, 0.3) is 16.6 Å². The summed E-state index contributed by atoms with van der Waals surface area (Å²) in [4.78, 5) is 43.7. The maximum atomic E-state index is 12.2. The Kier molecular flexibility index (Phi) is 5.07. The minimum Gasteiger partial charge on any atom is -0.378 e. The van der Waals surface area contributed by atoms with Crippen molar-refractivity contribution >= 4 is 39.9 Å². The van der Waals surface area contributed by atoms with E-state index in [1.165, 1.54) is 10.5 Å². The summed E-state index contributed by atoms with van der Waals surface area (Å²) in [6.07, 6.45) is 8.50. The third kappa shape index (κ3) is 4.00. The number of carbonyl (C=O) groups excluding carboxylic acids is 2. The summed E-state index contributed by atoms with van der Waals surface area (Å²) in [6, 6.07) is 13.7. The largest absolute Gasteiger partial charge is 0.378 e. The molecule has 2 N–H and O–H groups in total. The first-order valence-electron chi connectivity index (χ1n) is 12.5. The van der Waals surface area contributed by atoms with Crippen LogP contribution < -0.4 is 15.5 Å². The van der Waals surface area contributed by atoms with Crippen LogP contribution in [-0.2, 0) is 11.3 Å². The van der Waals surface area contributed by atoms with Crippen molar-refractivity contribution in [3.8, 4) is 0 Å². The Morgan fingerprint density at radius 1 is 1.08 bits per heavy atom. The Hall–Kier alpha value is -4.86. The van der Waals surface area contributed by atoms with Gasteiger partial charge in [0.05, 0.1) is 35.3 Å². The summed E-state index contributed by atoms with van der Waals surface area (Å²) >= 11 is 0. The highest BCUT2D eigenvalue weighted by Gasteiger charge is 2.41. The van der Waals surface area contributed by atoms with Crippen LogP contribution in [0.4, 0.5) is 16.2 Å². The number of nitrogens with zero attached hydrogens (tertiary/aromatic N) is 6. The number of carbonyl (C=O) groups is 2. The lowest BCUT2D eigenvalue weighted by Crippen LogP contribution is -2.28. The lowest BCUT2D eigenvalue weighted by atomic mass is 10.1. The molecule has 0 spiro atoms. The molecule has 188 valence electrons. The number of anilines is 2. The molecule has 2 aliphatic rings. The number of imide groups is 1. The summed E-state index contributed by atoms with van der Waals surface area (Å²) in [7, 11) is 0. The van der Waals surface area contributed by atoms with Gasteiger partial charge in [0.15, 0.2) is 5.65 Å². The SMILES string of the molecule is Cc1ccnc(C2CC2c2ccc3ncc(NCc4cn5cccc(N6CC(=O)NC6=O)c5n4)cc3c2)n1. The highest BCUT2D eigenvalue weighted by molar-refractivity contribution is 6.13. The van der Waals surface area contributed by atoms with E-state index in [-0.39, 0.29) is 12.5 Å². The number of aryl methyl sites for hydroxylation is 1.